The van der Waals surface area contributed by atoms with Crippen molar-refractivity contribution in [2.24, 2.45) is 7.05 Å². The lowest BCUT2D eigenvalue weighted by Crippen LogP contribution is -2.30. The molecule has 0 unspecified atom stereocenters. The Morgan fingerprint density at radius 1 is 0.742 bits per heavy atom. The second kappa shape index (κ2) is 6.07. The van der Waals surface area contributed by atoms with Crippen LogP contribution in [0.5, 0.6) is 0 Å². The van der Waals surface area contributed by atoms with E-state index < -0.39 is 0 Å². The van der Waals surface area contributed by atoms with E-state index >= 15 is 0 Å². The summed E-state index contributed by atoms with van der Waals surface area (Å²) in [6, 6.07) is 24.9. The number of fused-ring (bicyclic) bond motifs is 6. The first-order chi connectivity index (χ1) is 14.8. The Bertz CT molecular complexity index is 1630. The van der Waals surface area contributed by atoms with Gasteiger partial charge in [0.05, 0.1) is 16.6 Å². The van der Waals surface area contributed by atoms with Gasteiger partial charge in [0.2, 0.25) is 5.69 Å². The molecule has 0 spiro atoms. The van der Waals surface area contributed by atoms with E-state index in [9.17, 15) is 0 Å². The first kappa shape index (κ1) is 18.4. The van der Waals surface area contributed by atoms with Gasteiger partial charge in [-0.25, -0.2) is 4.57 Å². The molecule has 3 aromatic heterocycles. The Kier molecular flexibility index (Phi) is 3.60. The molecule has 31 heavy (non-hydrogen) atoms. The number of benzene rings is 3. The molecule has 0 radical (unpaired) electrons. The van der Waals surface area contributed by atoms with E-state index in [1.165, 1.54) is 60.5 Å². The summed E-state index contributed by atoms with van der Waals surface area (Å²) in [7, 11) is 2.12. The molecule has 0 aliphatic carbocycles. The van der Waals surface area contributed by atoms with Crippen LogP contribution in [0.3, 0.4) is 0 Å². The van der Waals surface area contributed by atoms with Crippen LogP contribution in [0.2, 0.25) is 0 Å². The summed E-state index contributed by atoms with van der Waals surface area (Å²) in [4.78, 5) is 0. The number of para-hydroxylation sites is 1. The van der Waals surface area contributed by atoms with Crippen molar-refractivity contribution in [1.29, 1.82) is 0 Å². The van der Waals surface area contributed by atoms with Crippen molar-refractivity contribution in [3.05, 3.63) is 84.1 Å². The van der Waals surface area contributed by atoms with Gasteiger partial charge >= 0.3 is 0 Å². The maximum atomic E-state index is 2.48. The zero-order valence-electron chi connectivity index (χ0n) is 18.8. The highest BCUT2D eigenvalue weighted by Gasteiger charge is 2.23. The Morgan fingerprint density at radius 2 is 1.45 bits per heavy atom. The molecule has 0 bridgehead atoms. The highest BCUT2D eigenvalue weighted by Crippen LogP contribution is 2.43. The lowest BCUT2D eigenvalue weighted by Gasteiger charge is -2.19. The molecular formula is C29H27N2+. The van der Waals surface area contributed by atoms with Crippen molar-refractivity contribution >= 4 is 38.1 Å². The van der Waals surface area contributed by atoms with E-state index in [4.69, 9.17) is 0 Å². The molecule has 0 saturated carbocycles. The number of aromatic nitrogens is 2. The van der Waals surface area contributed by atoms with Crippen molar-refractivity contribution in [2.45, 2.75) is 33.1 Å². The maximum Gasteiger partial charge on any atom is 0.212 e. The van der Waals surface area contributed by atoms with Gasteiger partial charge in [-0.3, -0.25) is 0 Å². The van der Waals surface area contributed by atoms with Gasteiger partial charge in [-0.1, -0.05) is 39.0 Å². The Balaban J connectivity index is 1.84. The minimum absolute atomic E-state index is 0.0933. The summed E-state index contributed by atoms with van der Waals surface area (Å²) in [5.41, 5.74) is 9.26. The van der Waals surface area contributed by atoms with Crippen LogP contribution in [-0.2, 0) is 12.5 Å². The van der Waals surface area contributed by atoms with Gasteiger partial charge in [0, 0.05) is 39.2 Å². The molecule has 2 nitrogen and oxygen atoms in total. The zero-order chi connectivity index (χ0) is 21.5. The average Bonchev–Trinajstić information content (AvgIpc) is 3.24. The quantitative estimate of drug-likeness (QED) is 0.263. The van der Waals surface area contributed by atoms with E-state index in [1.807, 2.05) is 0 Å². The van der Waals surface area contributed by atoms with Crippen molar-refractivity contribution in [3.8, 4) is 11.3 Å². The SMILES string of the molecule is Cc1cc2c(cc1-c1cccc[n+]1C)c1cc(C(C)(C)C)cc3c4ccccc4n2c31. The first-order valence-corrected chi connectivity index (χ1v) is 11.0. The van der Waals surface area contributed by atoms with Crippen LogP contribution in [0, 0.1) is 6.92 Å². The molecule has 0 fully saturated rings. The minimum atomic E-state index is 0.0933. The summed E-state index contributed by atoms with van der Waals surface area (Å²) < 4.78 is 4.68. The normalized spacial score (nSPS) is 12.7. The van der Waals surface area contributed by atoms with Crippen LogP contribution in [-0.4, -0.2) is 4.40 Å². The molecule has 152 valence electrons. The average molecular weight is 404 g/mol. The maximum absolute atomic E-state index is 2.48. The number of hydrogen-bond acceptors (Lipinski definition) is 0. The van der Waals surface area contributed by atoms with Gasteiger partial charge in [0.15, 0.2) is 6.20 Å². The third-order valence-corrected chi connectivity index (χ3v) is 6.84. The summed E-state index contributed by atoms with van der Waals surface area (Å²) >= 11 is 0. The molecule has 0 aliphatic rings. The number of hydrogen-bond donors (Lipinski definition) is 0. The highest BCUT2D eigenvalue weighted by molar-refractivity contribution is 6.24. The third kappa shape index (κ3) is 2.48. The number of aryl methyl sites for hydroxylation is 2. The second-order valence-electron chi connectivity index (χ2n) is 9.90. The molecule has 3 aromatic carbocycles. The number of rotatable bonds is 1. The van der Waals surface area contributed by atoms with Crippen molar-refractivity contribution in [2.75, 3.05) is 0 Å². The molecule has 3 heterocycles. The van der Waals surface area contributed by atoms with Gasteiger partial charge in [-0.15, -0.1) is 0 Å². The molecule has 0 saturated heterocycles. The molecular weight excluding hydrogens is 376 g/mol. The number of pyridine rings is 1. The molecule has 6 aromatic rings. The predicted octanol–water partition coefficient (Wildman–Crippen LogP) is 6.93. The summed E-state index contributed by atoms with van der Waals surface area (Å²) in [6.45, 7) is 9.15. The molecule has 0 aliphatic heterocycles. The van der Waals surface area contributed by atoms with Crippen LogP contribution in [0.15, 0.2) is 72.9 Å². The number of nitrogens with zero attached hydrogens (tertiary/aromatic N) is 2. The van der Waals surface area contributed by atoms with Crippen LogP contribution < -0.4 is 4.57 Å². The van der Waals surface area contributed by atoms with E-state index in [0.717, 1.165) is 0 Å². The summed E-state index contributed by atoms with van der Waals surface area (Å²) in [5, 5.41) is 5.39. The highest BCUT2D eigenvalue weighted by atomic mass is 14.9. The van der Waals surface area contributed by atoms with Gasteiger partial charge in [-0.05, 0) is 59.9 Å². The molecule has 2 heteroatoms. The van der Waals surface area contributed by atoms with E-state index in [-0.39, 0.29) is 5.41 Å². The van der Waals surface area contributed by atoms with Crippen LogP contribution >= 0.6 is 0 Å². The monoisotopic (exact) mass is 403 g/mol. The standard InChI is InChI=1S/C29H27N2/c1-18-14-27-22(17-21(18)25-11-8-9-13-30(25)5)24-16-19(29(2,3)4)15-23-20-10-6-7-12-26(20)31(27)28(23)24/h6-17H,1-5H3/q+1. The van der Waals surface area contributed by atoms with Crippen LogP contribution in [0.1, 0.15) is 31.9 Å². The Morgan fingerprint density at radius 3 is 2.19 bits per heavy atom. The fourth-order valence-corrected chi connectivity index (χ4v) is 5.16. The van der Waals surface area contributed by atoms with Crippen LogP contribution in [0.25, 0.3) is 49.4 Å². The van der Waals surface area contributed by atoms with Crippen molar-refractivity contribution in [1.82, 2.24) is 4.40 Å². The van der Waals surface area contributed by atoms with E-state index in [1.54, 1.807) is 0 Å². The van der Waals surface area contributed by atoms with Gasteiger partial charge < -0.3 is 4.40 Å². The fraction of sp³-hybridized carbons (Fsp3) is 0.207. The zero-order valence-corrected chi connectivity index (χ0v) is 18.8. The lowest BCUT2D eigenvalue weighted by molar-refractivity contribution is -0.660. The van der Waals surface area contributed by atoms with E-state index in [2.05, 4.69) is 117 Å². The van der Waals surface area contributed by atoms with Crippen LogP contribution in [0.4, 0.5) is 0 Å². The summed E-state index contributed by atoms with van der Waals surface area (Å²) in [5.74, 6) is 0. The molecule has 0 atom stereocenters. The second-order valence-corrected chi connectivity index (χ2v) is 9.90. The van der Waals surface area contributed by atoms with Gasteiger partial charge in [0.25, 0.3) is 0 Å². The van der Waals surface area contributed by atoms with Crippen molar-refractivity contribution < 1.29 is 4.57 Å². The topological polar surface area (TPSA) is 8.29 Å². The third-order valence-electron chi connectivity index (χ3n) is 6.84. The molecule has 0 N–H and O–H groups in total. The minimum Gasteiger partial charge on any atom is -0.308 e. The van der Waals surface area contributed by atoms with E-state index in [0.29, 0.717) is 0 Å². The summed E-state index contributed by atoms with van der Waals surface area (Å²) in [6.07, 6.45) is 2.12. The Labute approximate surface area is 182 Å². The van der Waals surface area contributed by atoms with Crippen molar-refractivity contribution in [3.63, 3.8) is 0 Å². The van der Waals surface area contributed by atoms with Gasteiger partial charge in [-0.2, -0.15) is 0 Å². The largest absolute Gasteiger partial charge is 0.308 e. The smallest absolute Gasteiger partial charge is 0.212 e. The van der Waals surface area contributed by atoms with Gasteiger partial charge in [0.1, 0.15) is 7.05 Å². The fourth-order valence-electron chi connectivity index (χ4n) is 5.16. The Hall–Kier alpha value is -3.39. The predicted molar refractivity (Wildman–Crippen MR) is 131 cm³/mol. The lowest BCUT2D eigenvalue weighted by atomic mass is 9.85. The first-order valence-electron chi connectivity index (χ1n) is 11.0. The molecule has 0 amide bonds. The molecule has 6 rings (SSSR count).